The van der Waals surface area contributed by atoms with Crippen molar-refractivity contribution >= 4 is 35.6 Å². The Balaban J connectivity index is 0.00000200. The largest absolute Gasteiger partial charge is 0.320 e. The number of nitrogens with zero attached hydrogens (tertiary/aromatic N) is 1. The second-order valence-electron chi connectivity index (χ2n) is 5.39. The highest BCUT2D eigenvalue weighted by molar-refractivity contribution is 6.34. The quantitative estimate of drug-likeness (QED) is 0.864. The van der Waals surface area contributed by atoms with Gasteiger partial charge in [-0.25, -0.2) is 0 Å². The van der Waals surface area contributed by atoms with Crippen molar-refractivity contribution in [3.05, 3.63) is 33.8 Å². The lowest BCUT2D eigenvalue weighted by atomic mass is 9.93. The van der Waals surface area contributed by atoms with Crippen molar-refractivity contribution < 1.29 is 0 Å². The lowest BCUT2D eigenvalue weighted by molar-refractivity contribution is 0.172. The SMILES string of the molecule is CNCCC1CCN(Cc2cc(Cl)cc(Cl)c2)CC1.Cl. The molecule has 1 aliphatic heterocycles. The van der Waals surface area contributed by atoms with Crippen LogP contribution in [0.5, 0.6) is 0 Å². The highest BCUT2D eigenvalue weighted by Crippen LogP contribution is 2.24. The fraction of sp³-hybridized carbons (Fsp3) is 0.600. The lowest BCUT2D eigenvalue weighted by Crippen LogP contribution is -2.34. The first kappa shape index (κ1) is 18.1. The molecular weight excluding hydrogens is 315 g/mol. The van der Waals surface area contributed by atoms with Crippen LogP contribution in [0.4, 0.5) is 0 Å². The minimum absolute atomic E-state index is 0. The first-order valence-electron chi connectivity index (χ1n) is 6.99. The van der Waals surface area contributed by atoms with Gasteiger partial charge in [0.1, 0.15) is 0 Å². The third-order valence-electron chi connectivity index (χ3n) is 3.84. The summed E-state index contributed by atoms with van der Waals surface area (Å²) in [6.07, 6.45) is 3.90. The molecule has 1 aromatic carbocycles. The predicted molar refractivity (Wildman–Crippen MR) is 90.3 cm³/mol. The second-order valence-corrected chi connectivity index (χ2v) is 6.26. The van der Waals surface area contributed by atoms with Gasteiger partial charge >= 0.3 is 0 Å². The maximum atomic E-state index is 6.04. The Hall–Kier alpha value is 0.01000. The van der Waals surface area contributed by atoms with Crippen molar-refractivity contribution in [3.8, 4) is 0 Å². The van der Waals surface area contributed by atoms with Gasteiger partial charge in [0, 0.05) is 16.6 Å². The molecule has 2 rings (SSSR count). The van der Waals surface area contributed by atoms with E-state index in [1.54, 1.807) is 6.07 Å². The van der Waals surface area contributed by atoms with E-state index >= 15 is 0 Å². The lowest BCUT2D eigenvalue weighted by Gasteiger charge is -2.32. The Morgan fingerprint density at radius 3 is 2.30 bits per heavy atom. The zero-order valence-corrected chi connectivity index (χ0v) is 14.2. The van der Waals surface area contributed by atoms with Crippen molar-refractivity contribution in [2.24, 2.45) is 5.92 Å². The molecule has 0 saturated carbocycles. The number of likely N-dealkylation sites (tertiary alicyclic amines) is 1. The smallest absolute Gasteiger partial charge is 0.0424 e. The van der Waals surface area contributed by atoms with E-state index in [2.05, 4.69) is 10.2 Å². The van der Waals surface area contributed by atoms with Crippen LogP contribution in [0.3, 0.4) is 0 Å². The van der Waals surface area contributed by atoms with E-state index in [4.69, 9.17) is 23.2 Å². The first-order chi connectivity index (χ1) is 9.17. The fourth-order valence-electron chi connectivity index (χ4n) is 2.74. The molecule has 0 atom stereocenters. The molecule has 1 aromatic rings. The van der Waals surface area contributed by atoms with Crippen LogP contribution < -0.4 is 5.32 Å². The van der Waals surface area contributed by atoms with Crippen molar-refractivity contribution in [1.29, 1.82) is 0 Å². The second kappa shape index (κ2) is 9.11. The minimum Gasteiger partial charge on any atom is -0.320 e. The molecule has 0 unspecified atom stereocenters. The third kappa shape index (κ3) is 5.79. The Labute approximate surface area is 138 Å². The van der Waals surface area contributed by atoms with Crippen LogP contribution in [0.25, 0.3) is 0 Å². The summed E-state index contributed by atoms with van der Waals surface area (Å²) in [7, 11) is 2.03. The van der Waals surface area contributed by atoms with Crippen molar-refractivity contribution in [2.45, 2.75) is 25.8 Å². The standard InChI is InChI=1S/C15H22Cl2N2.ClH/c1-18-5-2-12-3-6-19(7-4-12)11-13-8-14(16)10-15(17)9-13;/h8-10,12,18H,2-7,11H2,1H3;1H. The fourth-order valence-corrected chi connectivity index (χ4v) is 3.31. The van der Waals surface area contributed by atoms with E-state index in [9.17, 15) is 0 Å². The van der Waals surface area contributed by atoms with E-state index in [1.165, 1.54) is 37.9 Å². The molecule has 0 radical (unpaired) electrons. The molecule has 5 heteroatoms. The average Bonchev–Trinajstić information content (AvgIpc) is 2.37. The van der Waals surface area contributed by atoms with Gasteiger partial charge < -0.3 is 5.32 Å². The predicted octanol–water partition coefficient (Wildman–Crippen LogP) is 4.24. The van der Waals surface area contributed by atoms with E-state index < -0.39 is 0 Å². The Kier molecular flexibility index (Phi) is 8.23. The van der Waals surface area contributed by atoms with Gasteiger partial charge in [-0.05, 0) is 75.6 Å². The molecule has 114 valence electrons. The number of hydrogen-bond acceptors (Lipinski definition) is 2. The van der Waals surface area contributed by atoms with Crippen LogP contribution in [0, 0.1) is 5.92 Å². The van der Waals surface area contributed by atoms with Gasteiger partial charge in [0.15, 0.2) is 0 Å². The molecular formula is C15H23Cl3N2. The molecule has 0 bridgehead atoms. The van der Waals surface area contributed by atoms with Crippen LogP contribution in [-0.4, -0.2) is 31.6 Å². The molecule has 0 aromatic heterocycles. The monoisotopic (exact) mass is 336 g/mol. The molecule has 1 N–H and O–H groups in total. The Bertz CT molecular complexity index is 384. The van der Waals surface area contributed by atoms with Crippen molar-refractivity contribution in [2.75, 3.05) is 26.7 Å². The molecule has 1 fully saturated rings. The first-order valence-corrected chi connectivity index (χ1v) is 7.75. The summed E-state index contributed by atoms with van der Waals surface area (Å²) in [5.41, 5.74) is 1.21. The van der Waals surface area contributed by atoms with E-state index in [-0.39, 0.29) is 12.4 Å². The molecule has 1 heterocycles. The number of halogens is 3. The normalized spacial score (nSPS) is 16.9. The van der Waals surface area contributed by atoms with Gasteiger partial charge in [0.05, 0.1) is 0 Å². The topological polar surface area (TPSA) is 15.3 Å². The van der Waals surface area contributed by atoms with Crippen molar-refractivity contribution in [1.82, 2.24) is 10.2 Å². The summed E-state index contributed by atoms with van der Waals surface area (Å²) in [6, 6.07) is 5.82. The summed E-state index contributed by atoms with van der Waals surface area (Å²) in [6.45, 7) is 4.45. The summed E-state index contributed by atoms with van der Waals surface area (Å²) >= 11 is 12.1. The van der Waals surface area contributed by atoms with Gasteiger partial charge in [-0.2, -0.15) is 0 Å². The summed E-state index contributed by atoms with van der Waals surface area (Å²) in [5, 5.41) is 4.69. The average molecular weight is 338 g/mol. The number of hydrogen-bond donors (Lipinski definition) is 1. The number of piperidine rings is 1. The zero-order valence-electron chi connectivity index (χ0n) is 11.9. The Morgan fingerprint density at radius 2 is 1.75 bits per heavy atom. The molecule has 0 aliphatic carbocycles. The minimum atomic E-state index is 0. The molecule has 0 spiro atoms. The van der Waals surface area contributed by atoms with Gasteiger partial charge in [-0.3, -0.25) is 4.90 Å². The van der Waals surface area contributed by atoms with Crippen LogP contribution in [0.2, 0.25) is 10.0 Å². The number of benzene rings is 1. The molecule has 1 saturated heterocycles. The van der Waals surface area contributed by atoms with Gasteiger partial charge in [-0.15, -0.1) is 12.4 Å². The Morgan fingerprint density at radius 1 is 1.15 bits per heavy atom. The highest BCUT2D eigenvalue weighted by atomic mass is 35.5. The maximum absolute atomic E-state index is 6.04. The van der Waals surface area contributed by atoms with Crippen LogP contribution in [0.1, 0.15) is 24.8 Å². The summed E-state index contributed by atoms with van der Waals surface area (Å²) < 4.78 is 0. The summed E-state index contributed by atoms with van der Waals surface area (Å²) in [4.78, 5) is 2.50. The van der Waals surface area contributed by atoms with Crippen LogP contribution >= 0.6 is 35.6 Å². The molecule has 2 nitrogen and oxygen atoms in total. The summed E-state index contributed by atoms with van der Waals surface area (Å²) in [5.74, 6) is 0.881. The van der Waals surface area contributed by atoms with E-state index in [0.717, 1.165) is 29.1 Å². The zero-order chi connectivity index (χ0) is 13.7. The van der Waals surface area contributed by atoms with Gasteiger partial charge in [0.2, 0.25) is 0 Å². The van der Waals surface area contributed by atoms with E-state index in [0.29, 0.717) is 0 Å². The molecule has 1 aliphatic rings. The van der Waals surface area contributed by atoms with E-state index in [1.807, 2.05) is 19.2 Å². The maximum Gasteiger partial charge on any atom is 0.0424 e. The number of rotatable bonds is 5. The van der Waals surface area contributed by atoms with Crippen LogP contribution in [-0.2, 0) is 6.54 Å². The van der Waals surface area contributed by atoms with Gasteiger partial charge in [0.25, 0.3) is 0 Å². The molecule has 0 amide bonds. The molecule has 20 heavy (non-hydrogen) atoms. The highest BCUT2D eigenvalue weighted by Gasteiger charge is 2.18. The number of nitrogens with one attached hydrogen (secondary N) is 1. The third-order valence-corrected chi connectivity index (χ3v) is 4.27. The van der Waals surface area contributed by atoms with Gasteiger partial charge in [-0.1, -0.05) is 23.2 Å². The van der Waals surface area contributed by atoms with Crippen molar-refractivity contribution in [3.63, 3.8) is 0 Å². The van der Waals surface area contributed by atoms with Crippen LogP contribution in [0.15, 0.2) is 18.2 Å².